The van der Waals surface area contributed by atoms with Crippen LogP contribution < -0.4 is 5.32 Å². The summed E-state index contributed by atoms with van der Waals surface area (Å²) in [7, 11) is 0. The Labute approximate surface area is 133 Å². The number of ether oxygens (including phenoxy) is 1. The summed E-state index contributed by atoms with van der Waals surface area (Å²) < 4.78 is 18.9. The molecule has 0 aromatic heterocycles. The van der Waals surface area contributed by atoms with Gasteiger partial charge in [0, 0.05) is 19.6 Å². The normalized spacial score (nSPS) is 22.9. The lowest BCUT2D eigenvalue weighted by Crippen LogP contribution is -2.45. The summed E-state index contributed by atoms with van der Waals surface area (Å²) in [6.07, 6.45) is 3.07. The first-order valence-electron chi connectivity index (χ1n) is 8.38. The summed E-state index contributed by atoms with van der Waals surface area (Å²) in [5, 5.41) is 3.44. The lowest BCUT2D eigenvalue weighted by atomic mass is 10.1. The number of aryl methyl sites for hydroxylation is 1. The number of hydrogen-bond donors (Lipinski definition) is 1. The van der Waals surface area contributed by atoms with Gasteiger partial charge in [0.05, 0.1) is 12.2 Å². The van der Waals surface area contributed by atoms with E-state index in [9.17, 15) is 4.39 Å². The molecule has 2 unspecified atom stereocenters. The molecule has 1 saturated heterocycles. The van der Waals surface area contributed by atoms with Crippen LogP contribution in [0.25, 0.3) is 0 Å². The van der Waals surface area contributed by atoms with E-state index in [0.29, 0.717) is 12.2 Å². The van der Waals surface area contributed by atoms with Gasteiger partial charge in [-0.05, 0) is 63.9 Å². The Balaban J connectivity index is 1.56. The van der Waals surface area contributed by atoms with E-state index < -0.39 is 0 Å². The van der Waals surface area contributed by atoms with Crippen LogP contribution in [0.3, 0.4) is 0 Å². The van der Waals surface area contributed by atoms with Crippen LogP contribution in [0.5, 0.6) is 0 Å². The van der Waals surface area contributed by atoms with E-state index in [1.165, 1.54) is 12.8 Å². The SMILES string of the molecule is Cc1cc(CNCCCCN2CC(C)OC(C)C2)ccc1F. The van der Waals surface area contributed by atoms with Gasteiger partial charge in [-0.15, -0.1) is 0 Å². The minimum atomic E-state index is -0.127. The van der Waals surface area contributed by atoms with Gasteiger partial charge in [0.1, 0.15) is 5.82 Å². The predicted molar refractivity (Wildman–Crippen MR) is 88.5 cm³/mol. The molecule has 1 fully saturated rings. The second kappa shape index (κ2) is 8.61. The third kappa shape index (κ3) is 5.67. The standard InChI is InChI=1S/C18H29FN2O/c1-14-10-17(6-7-18(14)19)11-20-8-4-5-9-21-12-15(2)22-16(3)13-21/h6-7,10,15-16,20H,4-5,8-9,11-13H2,1-3H3. The van der Waals surface area contributed by atoms with E-state index >= 15 is 0 Å². The van der Waals surface area contributed by atoms with Gasteiger partial charge in [-0.2, -0.15) is 0 Å². The van der Waals surface area contributed by atoms with Crippen LogP contribution in [-0.2, 0) is 11.3 Å². The van der Waals surface area contributed by atoms with Crippen LogP contribution in [-0.4, -0.2) is 43.3 Å². The minimum absolute atomic E-state index is 0.127. The molecule has 22 heavy (non-hydrogen) atoms. The van der Waals surface area contributed by atoms with Crippen molar-refractivity contribution in [1.29, 1.82) is 0 Å². The highest BCUT2D eigenvalue weighted by molar-refractivity contribution is 5.23. The van der Waals surface area contributed by atoms with Gasteiger partial charge in [0.2, 0.25) is 0 Å². The summed E-state index contributed by atoms with van der Waals surface area (Å²) >= 11 is 0. The molecule has 0 aliphatic carbocycles. The quantitative estimate of drug-likeness (QED) is 0.783. The van der Waals surface area contributed by atoms with Gasteiger partial charge in [-0.3, -0.25) is 4.90 Å². The lowest BCUT2D eigenvalue weighted by Gasteiger charge is -2.35. The van der Waals surface area contributed by atoms with Crippen molar-refractivity contribution in [3.63, 3.8) is 0 Å². The summed E-state index contributed by atoms with van der Waals surface area (Å²) in [5.74, 6) is -0.127. The van der Waals surface area contributed by atoms with Crippen molar-refractivity contribution in [3.05, 3.63) is 35.1 Å². The Morgan fingerprint density at radius 1 is 1.23 bits per heavy atom. The fourth-order valence-corrected chi connectivity index (χ4v) is 3.10. The third-order valence-electron chi connectivity index (χ3n) is 4.12. The molecule has 1 aromatic carbocycles. The van der Waals surface area contributed by atoms with E-state index in [-0.39, 0.29) is 5.82 Å². The van der Waals surface area contributed by atoms with Crippen molar-refractivity contribution in [2.75, 3.05) is 26.2 Å². The monoisotopic (exact) mass is 308 g/mol. The Hall–Kier alpha value is -0.970. The van der Waals surface area contributed by atoms with Gasteiger partial charge in [0.15, 0.2) is 0 Å². The first-order chi connectivity index (χ1) is 10.5. The second-order valence-corrected chi connectivity index (χ2v) is 6.48. The lowest BCUT2D eigenvalue weighted by molar-refractivity contribution is -0.0681. The van der Waals surface area contributed by atoms with Crippen molar-refractivity contribution in [1.82, 2.24) is 10.2 Å². The zero-order valence-corrected chi connectivity index (χ0v) is 14.1. The Bertz CT molecular complexity index is 456. The average molecular weight is 308 g/mol. The number of nitrogens with zero attached hydrogens (tertiary/aromatic N) is 1. The van der Waals surface area contributed by atoms with Crippen molar-refractivity contribution in [2.24, 2.45) is 0 Å². The molecule has 3 nitrogen and oxygen atoms in total. The van der Waals surface area contributed by atoms with Crippen LogP contribution in [0.15, 0.2) is 18.2 Å². The molecule has 1 N–H and O–H groups in total. The Kier molecular flexibility index (Phi) is 6.80. The molecule has 124 valence electrons. The second-order valence-electron chi connectivity index (χ2n) is 6.48. The highest BCUT2D eigenvalue weighted by Crippen LogP contribution is 2.11. The largest absolute Gasteiger partial charge is 0.373 e. The van der Waals surface area contributed by atoms with E-state index in [2.05, 4.69) is 24.1 Å². The molecule has 1 aliphatic rings. The smallest absolute Gasteiger partial charge is 0.126 e. The Morgan fingerprint density at radius 3 is 2.64 bits per heavy atom. The van der Waals surface area contributed by atoms with Gasteiger partial charge >= 0.3 is 0 Å². The number of halogens is 1. The van der Waals surface area contributed by atoms with Crippen molar-refractivity contribution < 1.29 is 9.13 Å². The first-order valence-corrected chi connectivity index (χ1v) is 8.38. The number of rotatable bonds is 7. The maximum atomic E-state index is 13.2. The molecule has 1 aromatic rings. The summed E-state index contributed by atoms with van der Waals surface area (Å²) in [6.45, 7) is 11.2. The van der Waals surface area contributed by atoms with Crippen LogP contribution in [0.1, 0.15) is 37.8 Å². The molecular formula is C18H29FN2O. The van der Waals surface area contributed by atoms with Gasteiger partial charge in [-0.1, -0.05) is 12.1 Å². The highest BCUT2D eigenvalue weighted by Gasteiger charge is 2.21. The molecule has 2 rings (SSSR count). The number of morpholine rings is 1. The van der Waals surface area contributed by atoms with E-state index in [1.807, 2.05) is 19.1 Å². The number of benzene rings is 1. The maximum absolute atomic E-state index is 13.2. The topological polar surface area (TPSA) is 24.5 Å². The average Bonchev–Trinajstić information content (AvgIpc) is 2.45. The molecule has 0 spiro atoms. The maximum Gasteiger partial charge on any atom is 0.126 e. The fraction of sp³-hybridized carbons (Fsp3) is 0.667. The number of unbranched alkanes of at least 4 members (excludes halogenated alkanes) is 1. The minimum Gasteiger partial charge on any atom is -0.373 e. The van der Waals surface area contributed by atoms with Gasteiger partial charge in [-0.25, -0.2) is 4.39 Å². The molecule has 1 heterocycles. The first kappa shape index (κ1) is 17.4. The van der Waals surface area contributed by atoms with Crippen molar-refractivity contribution in [2.45, 2.75) is 52.4 Å². The number of nitrogens with one attached hydrogen (secondary N) is 1. The molecule has 0 bridgehead atoms. The van der Waals surface area contributed by atoms with Gasteiger partial charge in [0.25, 0.3) is 0 Å². The van der Waals surface area contributed by atoms with Crippen molar-refractivity contribution >= 4 is 0 Å². The molecule has 1 aliphatic heterocycles. The number of hydrogen-bond acceptors (Lipinski definition) is 3. The van der Waals surface area contributed by atoms with Crippen molar-refractivity contribution in [3.8, 4) is 0 Å². The van der Waals surface area contributed by atoms with Crippen LogP contribution in [0.4, 0.5) is 4.39 Å². The molecule has 2 atom stereocenters. The van der Waals surface area contributed by atoms with E-state index in [4.69, 9.17) is 4.74 Å². The fourth-order valence-electron chi connectivity index (χ4n) is 3.10. The van der Waals surface area contributed by atoms with Crippen LogP contribution in [0, 0.1) is 12.7 Å². The molecule has 0 amide bonds. The highest BCUT2D eigenvalue weighted by atomic mass is 19.1. The zero-order chi connectivity index (χ0) is 15.9. The predicted octanol–water partition coefficient (Wildman–Crippen LogP) is 3.11. The Morgan fingerprint density at radius 2 is 1.95 bits per heavy atom. The van der Waals surface area contributed by atoms with Crippen LogP contribution in [0.2, 0.25) is 0 Å². The van der Waals surface area contributed by atoms with E-state index in [1.54, 1.807) is 6.07 Å². The summed E-state index contributed by atoms with van der Waals surface area (Å²) in [5.41, 5.74) is 1.87. The zero-order valence-electron chi connectivity index (χ0n) is 14.1. The molecular weight excluding hydrogens is 279 g/mol. The van der Waals surface area contributed by atoms with E-state index in [0.717, 1.165) is 43.9 Å². The molecule has 0 saturated carbocycles. The summed E-state index contributed by atoms with van der Waals surface area (Å²) in [4.78, 5) is 2.50. The summed E-state index contributed by atoms with van der Waals surface area (Å²) in [6, 6.07) is 5.32. The van der Waals surface area contributed by atoms with Crippen LogP contribution >= 0.6 is 0 Å². The van der Waals surface area contributed by atoms with Gasteiger partial charge < -0.3 is 10.1 Å². The molecule has 4 heteroatoms. The third-order valence-corrected chi connectivity index (χ3v) is 4.12. The molecule has 0 radical (unpaired) electrons.